The molecule has 1 unspecified atom stereocenters. The average Bonchev–Trinajstić information content (AvgIpc) is 3.12. The Hall–Kier alpha value is -2.12. The first kappa shape index (κ1) is 20.6. The zero-order chi connectivity index (χ0) is 19.9. The van der Waals surface area contributed by atoms with Crippen LogP contribution in [-0.2, 0) is 6.42 Å². The van der Waals surface area contributed by atoms with Crippen LogP contribution in [0.15, 0.2) is 29.4 Å². The monoisotopic (exact) mass is 388 g/mol. The lowest BCUT2D eigenvalue weighted by molar-refractivity contribution is 0.107. The Bertz CT molecular complexity index is 778. The molecule has 7 heteroatoms. The molecule has 0 radical (unpaired) electrons. The molecule has 2 heterocycles. The summed E-state index contributed by atoms with van der Waals surface area (Å²) in [7, 11) is 1.79. The molecule has 1 aromatic heterocycles. The van der Waals surface area contributed by atoms with E-state index < -0.39 is 0 Å². The van der Waals surface area contributed by atoms with Gasteiger partial charge in [-0.15, -0.1) is 0 Å². The normalized spacial score (nSPS) is 17.8. The van der Waals surface area contributed by atoms with Gasteiger partial charge in [0.15, 0.2) is 5.96 Å². The van der Waals surface area contributed by atoms with Gasteiger partial charge in [0.2, 0.25) is 0 Å². The summed E-state index contributed by atoms with van der Waals surface area (Å²) in [6, 6.07) is 5.32. The van der Waals surface area contributed by atoms with Gasteiger partial charge in [-0.1, -0.05) is 6.92 Å². The number of aromatic nitrogens is 1. The number of likely N-dealkylation sites (N-methyl/N-ethyl adjacent to an activating group) is 1. The largest absolute Gasteiger partial charge is 0.361 e. The topological polar surface area (TPSA) is 58.7 Å². The molecule has 6 nitrogen and oxygen atoms in total. The fourth-order valence-corrected chi connectivity index (χ4v) is 3.79. The van der Waals surface area contributed by atoms with Gasteiger partial charge in [-0.25, -0.2) is 4.39 Å². The fraction of sp³-hybridized carbons (Fsp3) is 0.571. The lowest BCUT2D eigenvalue weighted by Crippen LogP contribution is -2.53. The van der Waals surface area contributed by atoms with E-state index in [1.165, 1.54) is 6.07 Å². The Kier molecular flexibility index (Phi) is 7.28. The Labute approximate surface area is 167 Å². The van der Waals surface area contributed by atoms with Gasteiger partial charge in [-0.3, -0.25) is 9.89 Å². The maximum atomic E-state index is 13.5. The van der Waals surface area contributed by atoms with E-state index in [0.717, 1.165) is 74.7 Å². The van der Waals surface area contributed by atoms with Crippen LogP contribution in [-0.4, -0.2) is 79.6 Å². The van der Waals surface area contributed by atoms with Crippen LogP contribution in [0.4, 0.5) is 4.39 Å². The van der Waals surface area contributed by atoms with Crippen LogP contribution in [0.1, 0.15) is 19.4 Å². The molecule has 0 bridgehead atoms. The second kappa shape index (κ2) is 9.89. The molecule has 3 rings (SSSR count). The van der Waals surface area contributed by atoms with Crippen molar-refractivity contribution >= 4 is 16.9 Å². The van der Waals surface area contributed by atoms with E-state index in [0.29, 0.717) is 6.04 Å². The molecule has 0 amide bonds. The molecule has 1 aromatic carbocycles. The summed E-state index contributed by atoms with van der Waals surface area (Å²) in [4.78, 5) is 12.6. The number of hydrogen-bond donors (Lipinski definition) is 3. The minimum atomic E-state index is -0.201. The summed E-state index contributed by atoms with van der Waals surface area (Å²) >= 11 is 0. The number of rotatable bonds is 7. The van der Waals surface area contributed by atoms with Gasteiger partial charge in [0.1, 0.15) is 5.82 Å². The summed E-state index contributed by atoms with van der Waals surface area (Å²) in [5.41, 5.74) is 2.08. The van der Waals surface area contributed by atoms with Crippen molar-refractivity contribution in [3.05, 3.63) is 35.8 Å². The third kappa shape index (κ3) is 5.23. The Balaban J connectivity index is 1.42. The molecule has 28 heavy (non-hydrogen) atoms. The zero-order valence-electron chi connectivity index (χ0n) is 17.3. The van der Waals surface area contributed by atoms with E-state index in [4.69, 9.17) is 0 Å². The minimum absolute atomic E-state index is 0.201. The van der Waals surface area contributed by atoms with Crippen molar-refractivity contribution in [2.75, 3.05) is 52.9 Å². The molecule has 1 fully saturated rings. The molecule has 0 aliphatic carbocycles. The number of hydrogen-bond acceptors (Lipinski definition) is 3. The number of nitrogens with one attached hydrogen (secondary N) is 3. The SMILES string of the molecule is CCN1CCN(C(C)CNC(=NC)NCCc2c[nH]c3ccc(F)cc23)CC1. The highest BCUT2D eigenvalue weighted by molar-refractivity contribution is 5.83. The summed E-state index contributed by atoms with van der Waals surface area (Å²) in [5.74, 6) is 0.609. The molecule has 1 atom stereocenters. The molecule has 0 spiro atoms. The van der Waals surface area contributed by atoms with Crippen molar-refractivity contribution in [2.45, 2.75) is 26.3 Å². The van der Waals surface area contributed by atoms with Crippen molar-refractivity contribution in [2.24, 2.45) is 4.99 Å². The van der Waals surface area contributed by atoms with Crippen LogP contribution in [0.25, 0.3) is 10.9 Å². The number of fused-ring (bicyclic) bond motifs is 1. The van der Waals surface area contributed by atoms with E-state index in [2.05, 4.69) is 44.3 Å². The lowest BCUT2D eigenvalue weighted by atomic mass is 10.1. The summed E-state index contributed by atoms with van der Waals surface area (Å²) in [6.07, 6.45) is 2.76. The zero-order valence-corrected chi connectivity index (χ0v) is 17.3. The Morgan fingerprint density at radius 3 is 2.75 bits per heavy atom. The molecule has 2 aromatic rings. The number of aliphatic imine (C=N–C) groups is 1. The maximum absolute atomic E-state index is 13.5. The molecule has 1 aliphatic rings. The van der Waals surface area contributed by atoms with Gasteiger partial charge in [0.25, 0.3) is 0 Å². The van der Waals surface area contributed by atoms with E-state index >= 15 is 0 Å². The average molecular weight is 389 g/mol. The third-order valence-electron chi connectivity index (χ3n) is 5.68. The Morgan fingerprint density at radius 2 is 2.04 bits per heavy atom. The summed E-state index contributed by atoms with van der Waals surface area (Å²) in [6.45, 7) is 11.8. The molecular weight excluding hydrogens is 355 g/mol. The first-order chi connectivity index (χ1) is 13.6. The van der Waals surface area contributed by atoms with E-state index in [-0.39, 0.29) is 5.82 Å². The van der Waals surface area contributed by atoms with E-state index in [1.807, 2.05) is 6.20 Å². The van der Waals surface area contributed by atoms with E-state index in [1.54, 1.807) is 19.2 Å². The first-order valence-corrected chi connectivity index (χ1v) is 10.3. The van der Waals surface area contributed by atoms with Gasteiger partial charge >= 0.3 is 0 Å². The van der Waals surface area contributed by atoms with Crippen molar-refractivity contribution in [3.8, 4) is 0 Å². The standard InChI is InChI=1S/C21H33FN6/c1-4-27-9-11-28(12-10-27)16(2)14-26-21(23-3)24-8-7-17-15-25-20-6-5-18(22)13-19(17)20/h5-6,13,15-16,25H,4,7-12,14H2,1-3H3,(H2,23,24,26). The number of nitrogens with zero attached hydrogens (tertiary/aromatic N) is 3. The summed E-state index contributed by atoms with van der Waals surface area (Å²) < 4.78 is 13.5. The van der Waals surface area contributed by atoms with Crippen molar-refractivity contribution < 1.29 is 4.39 Å². The first-order valence-electron chi connectivity index (χ1n) is 10.3. The number of aromatic amines is 1. The maximum Gasteiger partial charge on any atom is 0.191 e. The quantitative estimate of drug-likeness (QED) is 0.502. The van der Waals surface area contributed by atoms with E-state index in [9.17, 15) is 4.39 Å². The van der Waals surface area contributed by atoms with Crippen LogP contribution in [0.2, 0.25) is 0 Å². The van der Waals surface area contributed by atoms with Crippen LogP contribution in [0.3, 0.4) is 0 Å². The highest BCUT2D eigenvalue weighted by Gasteiger charge is 2.20. The number of piperazine rings is 1. The van der Waals surface area contributed by atoms with Crippen molar-refractivity contribution in [1.29, 1.82) is 0 Å². The molecule has 1 aliphatic heterocycles. The number of guanidine groups is 1. The van der Waals surface area contributed by atoms with Gasteiger partial charge in [-0.05, 0) is 43.7 Å². The van der Waals surface area contributed by atoms with Crippen LogP contribution in [0, 0.1) is 5.82 Å². The van der Waals surface area contributed by atoms with Crippen molar-refractivity contribution in [1.82, 2.24) is 25.4 Å². The lowest BCUT2D eigenvalue weighted by Gasteiger charge is -2.37. The number of H-pyrrole nitrogens is 1. The van der Waals surface area contributed by atoms with Gasteiger partial charge in [0, 0.05) is 69.5 Å². The van der Waals surface area contributed by atoms with Crippen molar-refractivity contribution in [3.63, 3.8) is 0 Å². The minimum Gasteiger partial charge on any atom is -0.361 e. The predicted octanol–water partition coefficient (Wildman–Crippen LogP) is 2.04. The second-order valence-electron chi connectivity index (χ2n) is 7.45. The predicted molar refractivity (Wildman–Crippen MR) is 114 cm³/mol. The van der Waals surface area contributed by atoms with Gasteiger partial charge in [-0.2, -0.15) is 0 Å². The number of halogens is 1. The molecule has 154 valence electrons. The van der Waals surface area contributed by atoms with Gasteiger partial charge in [0.05, 0.1) is 0 Å². The van der Waals surface area contributed by atoms with Gasteiger partial charge < -0.3 is 20.5 Å². The second-order valence-corrected chi connectivity index (χ2v) is 7.45. The fourth-order valence-electron chi connectivity index (χ4n) is 3.79. The molecule has 3 N–H and O–H groups in total. The smallest absolute Gasteiger partial charge is 0.191 e. The number of benzene rings is 1. The Morgan fingerprint density at radius 1 is 1.25 bits per heavy atom. The molecular formula is C21H33FN6. The van der Waals surface area contributed by atoms with Crippen LogP contribution in [0.5, 0.6) is 0 Å². The van der Waals surface area contributed by atoms with Crippen LogP contribution < -0.4 is 10.6 Å². The highest BCUT2D eigenvalue weighted by atomic mass is 19.1. The summed E-state index contributed by atoms with van der Waals surface area (Å²) in [5, 5.41) is 7.75. The third-order valence-corrected chi connectivity index (χ3v) is 5.68. The molecule has 0 saturated carbocycles. The highest BCUT2D eigenvalue weighted by Crippen LogP contribution is 2.19. The van der Waals surface area contributed by atoms with Crippen LogP contribution >= 0.6 is 0 Å². The molecule has 1 saturated heterocycles.